The Labute approximate surface area is 360 Å². The monoisotopic (exact) mass is 854 g/mol. The molecule has 60 heavy (non-hydrogen) atoms. The highest BCUT2D eigenvalue weighted by molar-refractivity contribution is 6.35. The number of benzene rings is 3. The third-order valence-corrected chi connectivity index (χ3v) is 12.3. The number of esters is 1. The number of methoxy groups -OCH3 is 1. The van der Waals surface area contributed by atoms with Crippen molar-refractivity contribution in [2.45, 2.75) is 79.9 Å². The number of fused-ring (bicyclic) bond motifs is 4. The summed E-state index contributed by atoms with van der Waals surface area (Å²) in [5.41, 5.74) is 8.85. The van der Waals surface area contributed by atoms with Crippen LogP contribution in [0, 0.1) is 27.7 Å². The number of nitrogens with zero attached hydrogens (tertiary/aromatic N) is 6. The minimum Gasteiger partial charge on any atom is -0.494 e. The number of carbonyl (C=O) groups excluding carboxylic acids is 3. The fraction of sp³-hybridized carbons (Fsp3) is 0.391. The highest BCUT2D eigenvalue weighted by Gasteiger charge is 2.38. The van der Waals surface area contributed by atoms with Crippen molar-refractivity contribution in [2.75, 3.05) is 37.1 Å². The lowest BCUT2D eigenvalue weighted by Gasteiger charge is -2.35. The maximum Gasteiger partial charge on any atom is 0.414 e. The first-order chi connectivity index (χ1) is 28.2. The largest absolute Gasteiger partial charge is 0.494 e. The van der Waals surface area contributed by atoms with Crippen LogP contribution in [0.1, 0.15) is 89.1 Å². The number of aryl methyl sites for hydroxylation is 6. The molecule has 0 saturated carbocycles. The molecule has 1 aliphatic heterocycles. The van der Waals surface area contributed by atoms with Gasteiger partial charge in [-0.1, -0.05) is 29.3 Å². The average Bonchev–Trinajstić information content (AvgIpc) is 3.79. The van der Waals surface area contributed by atoms with E-state index in [1.165, 1.54) is 12.0 Å². The lowest BCUT2D eigenvalue weighted by atomic mass is 9.98. The summed E-state index contributed by atoms with van der Waals surface area (Å²) < 4.78 is 23.0. The predicted octanol–water partition coefficient (Wildman–Crippen LogP) is 10.5. The second kappa shape index (κ2) is 15.9. The van der Waals surface area contributed by atoms with Crippen LogP contribution in [0.25, 0.3) is 32.9 Å². The maximum atomic E-state index is 15.5. The van der Waals surface area contributed by atoms with Crippen molar-refractivity contribution < 1.29 is 28.6 Å². The van der Waals surface area contributed by atoms with Crippen LogP contribution in [0.15, 0.2) is 42.6 Å². The van der Waals surface area contributed by atoms with Gasteiger partial charge in [0, 0.05) is 78.2 Å². The van der Waals surface area contributed by atoms with Gasteiger partial charge in [0.2, 0.25) is 0 Å². The lowest BCUT2D eigenvalue weighted by molar-refractivity contribution is 0.0585. The second-order valence-corrected chi connectivity index (χ2v) is 17.6. The van der Waals surface area contributed by atoms with Gasteiger partial charge in [-0.05, 0) is 115 Å². The van der Waals surface area contributed by atoms with Crippen LogP contribution in [-0.2, 0) is 30.0 Å². The molecule has 0 bridgehead atoms. The summed E-state index contributed by atoms with van der Waals surface area (Å²) in [5.74, 6) is -0.0363. The standard InChI is InChI=1S/C46H52Cl2N6O6/c1-24-18-30(19-25(2)39(24)48)59-17-13-14-31-32-15-16-35(47)38(37-27(4)49-52(11)28(37)5)41(32)54-26(3)22-53(43(55)42(31)54)36-21-29(51(10)45(57)60-46(6,7)8)20-33-34(44(56)58-12)23-50(9)40(33)36/h15-16,18-21,23,26H,13-14,17,22H2,1-12H3/t26-/m1/s1. The number of aromatic nitrogens is 4. The summed E-state index contributed by atoms with van der Waals surface area (Å²) >= 11 is 13.6. The molecule has 0 radical (unpaired) electrons. The van der Waals surface area contributed by atoms with Gasteiger partial charge in [-0.15, -0.1) is 0 Å². The molecule has 2 amide bonds. The Hall–Kier alpha value is -5.46. The Balaban J connectivity index is 1.42. The number of rotatable bonds is 9. The summed E-state index contributed by atoms with van der Waals surface area (Å²) in [4.78, 5) is 45.3. The minimum atomic E-state index is -0.753. The van der Waals surface area contributed by atoms with Crippen molar-refractivity contribution in [3.05, 3.63) is 92.0 Å². The van der Waals surface area contributed by atoms with Gasteiger partial charge in [-0.3, -0.25) is 14.4 Å². The van der Waals surface area contributed by atoms with E-state index in [1.54, 1.807) is 45.0 Å². The number of hydrogen-bond acceptors (Lipinski definition) is 7. The summed E-state index contributed by atoms with van der Waals surface area (Å²) in [5, 5.41) is 7.46. The molecular formula is C46H52Cl2N6O6. The van der Waals surface area contributed by atoms with Gasteiger partial charge in [0.05, 0.1) is 46.7 Å². The third-order valence-electron chi connectivity index (χ3n) is 11.4. The van der Waals surface area contributed by atoms with Gasteiger partial charge in [-0.2, -0.15) is 5.10 Å². The summed E-state index contributed by atoms with van der Waals surface area (Å²) in [7, 11) is 6.68. The molecule has 1 aliphatic rings. The molecule has 316 valence electrons. The number of anilines is 2. The van der Waals surface area contributed by atoms with Crippen LogP contribution < -0.4 is 14.5 Å². The number of carbonyl (C=O) groups is 3. The molecule has 0 fully saturated rings. The van der Waals surface area contributed by atoms with Gasteiger partial charge >= 0.3 is 12.1 Å². The molecule has 0 aliphatic carbocycles. The predicted molar refractivity (Wildman–Crippen MR) is 239 cm³/mol. The van der Waals surface area contributed by atoms with Crippen molar-refractivity contribution in [1.29, 1.82) is 0 Å². The maximum absolute atomic E-state index is 15.5. The number of amides is 2. The molecule has 6 aromatic rings. The van der Waals surface area contributed by atoms with Gasteiger partial charge in [0.25, 0.3) is 5.91 Å². The van der Waals surface area contributed by atoms with E-state index in [4.69, 9.17) is 42.5 Å². The molecule has 0 spiro atoms. The van der Waals surface area contributed by atoms with Crippen molar-refractivity contribution in [2.24, 2.45) is 14.1 Å². The zero-order valence-corrected chi connectivity index (χ0v) is 37.8. The van der Waals surface area contributed by atoms with E-state index in [-0.39, 0.29) is 18.5 Å². The first kappa shape index (κ1) is 42.7. The highest BCUT2D eigenvalue weighted by Crippen LogP contribution is 2.46. The topological polar surface area (TPSA) is 113 Å². The summed E-state index contributed by atoms with van der Waals surface area (Å²) in [6, 6.07) is 11.1. The molecule has 14 heteroatoms. The number of hydrogen-bond donors (Lipinski definition) is 0. The molecule has 0 unspecified atom stereocenters. The van der Waals surface area contributed by atoms with E-state index in [9.17, 15) is 9.59 Å². The highest BCUT2D eigenvalue weighted by atomic mass is 35.5. The molecule has 0 N–H and O–H groups in total. The van der Waals surface area contributed by atoms with Crippen LogP contribution in [0.3, 0.4) is 0 Å². The van der Waals surface area contributed by atoms with Crippen LogP contribution in [0.2, 0.25) is 10.0 Å². The molecule has 7 rings (SSSR count). The first-order valence-corrected chi connectivity index (χ1v) is 20.7. The van der Waals surface area contributed by atoms with E-state index in [1.807, 2.05) is 81.4 Å². The fourth-order valence-electron chi connectivity index (χ4n) is 8.55. The van der Waals surface area contributed by atoms with Crippen molar-refractivity contribution in [3.63, 3.8) is 0 Å². The zero-order chi connectivity index (χ0) is 43.7. The minimum absolute atomic E-state index is 0.231. The fourth-order valence-corrected chi connectivity index (χ4v) is 8.91. The van der Waals surface area contributed by atoms with Gasteiger partial charge < -0.3 is 28.2 Å². The molecule has 1 atom stereocenters. The molecular weight excluding hydrogens is 803 g/mol. The number of ether oxygens (including phenoxy) is 3. The molecule has 3 aromatic carbocycles. The summed E-state index contributed by atoms with van der Waals surface area (Å²) in [6.45, 7) is 16.1. The second-order valence-electron chi connectivity index (χ2n) is 16.8. The molecule has 0 saturated heterocycles. The Bertz CT molecular complexity index is 2710. The van der Waals surface area contributed by atoms with Gasteiger partial charge in [-0.25, -0.2) is 9.59 Å². The van der Waals surface area contributed by atoms with E-state index in [0.29, 0.717) is 58.0 Å². The van der Waals surface area contributed by atoms with Crippen molar-refractivity contribution >= 4 is 74.4 Å². The zero-order valence-electron chi connectivity index (χ0n) is 36.3. The van der Waals surface area contributed by atoms with Crippen LogP contribution in [-0.4, -0.2) is 69.8 Å². The quantitative estimate of drug-likeness (QED) is 0.105. The smallest absolute Gasteiger partial charge is 0.414 e. The van der Waals surface area contributed by atoms with Crippen molar-refractivity contribution in [3.8, 4) is 16.9 Å². The summed E-state index contributed by atoms with van der Waals surface area (Å²) in [6.07, 6.45) is 2.24. The molecule has 3 aromatic heterocycles. The van der Waals surface area contributed by atoms with Crippen LogP contribution in [0.5, 0.6) is 5.75 Å². The number of halogens is 2. The van der Waals surface area contributed by atoms with Crippen LogP contribution in [0.4, 0.5) is 16.2 Å². The normalized spacial score (nSPS) is 14.3. The Morgan fingerprint density at radius 2 is 1.65 bits per heavy atom. The van der Waals surface area contributed by atoms with Crippen molar-refractivity contribution in [1.82, 2.24) is 18.9 Å². The molecule has 12 nitrogen and oxygen atoms in total. The Kier molecular flexibility index (Phi) is 11.3. The average molecular weight is 856 g/mol. The van der Waals surface area contributed by atoms with E-state index in [0.717, 1.165) is 60.9 Å². The SMILES string of the molecule is COC(=O)c1cn(C)c2c(N3C[C@@H](C)n4c(c(CCCOc5cc(C)c(Cl)c(C)c5)c5ccc(Cl)c(-c6c(C)nn(C)c6C)c54)C3=O)cc(N(C)C(=O)OC(C)(C)C)cc12. The Morgan fingerprint density at radius 3 is 2.27 bits per heavy atom. The van der Waals surface area contributed by atoms with E-state index < -0.39 is 17.7 Å². The first-order valence-electron chi connectivity index (χ1n) is 20.0. The van der Waals surface area contributed by atoms with E-state index in [2.05, 4.69) is 11.5 Å². The van der Waals surface area contributed by atoms with Gasteiger partial charge in [0.1, 0.15) is 17.0 Å². The Morgan fingerprint density at radius 1 is 0.967 bits per heavy atom. The van der Waals surface area contributed by atoms with Crippen LogP contribution >= 0.6 is 23.2 Å². The van der Waals surface area contributed by atoms with E-state index >= 15 is 4.79 Å². The molecule has 4 heterocycles. The van der Waals surface area contributed by atoms with Gasteiger partial charge in [0.15, 0.2) is 0 Å². The third kappa shape index (κ3) is 7.38. The lowest BCUT2D eigenvalue weighted by Crippen LogP contribution is -2.43.